The summed E-state index contributed by atoms with van der Waals surface area (Å²) in [7, 11) is 0. The van der Waals surface area contributed by atoms with Crippen LogP contribution in [0.2, 0.25) is 5.02 Å². The Balaban J connectivity index is 1.40. The molecule has 2 amide bonds. The van der Waals surface area contributed by atoms with E-state index in [0.717, 1.165) is 59.6 Å². The maximum atomic E-state index is 12.3. The summed E-state index contributed by atoms with van der Waals surface area (Å²) < 4.78 is 8.11. The van der Waals surface area contributed by atoms with Crippen molar-refractivity contribution < 1.29 is 14.3 Å². The smallest absolute Gasteiger partial charge is 0.262 e. The third-order valence-corrected chi connectivity index (χ3v) is 8.28. The van der Waals surface area contributed by atoms with Gasteiger partial charge < -0.3 is 16.2 Å². The minimum absolute atomic E-state index is 0.0320. The molecule has 4 aromatic rings. The summed E-state index contributed by atoms with van der Waals surface area (Å²) in [5, 5.41) is 1.37. The highest BCUT2D eigenvalue weighted by atomic mass is 35.5. The number of nitrogens with zero attached hydrogens (tertiary/aromatic N) is 3. The second-order valence-electron chi connectivity index (χ2n) is 9.31. The van der Waals surface area contributed by atoms with Crippen LogP contribution < -0.4 is 16.2 Å². The Morgan fingerprint density at radius 1 is 1.16 bits per heavy atom. The van der Waals surface area contributed by atoms with E-state index in [9.17, 15) is 9.59 Å². The van der Waals surface area contributed by atoms with Gasteiger partial charge in [-0.2, -0.15) is 0 Å². The molecule has 10 heteroatoms. The van der Waals surface area contributed by atoms with Gasteiger partial charge in [0.15, 0.2) is 0 Å². The number of ether oxygens (including phenoxy) is 1. The molecule has 8 nitrogen and oxygen atoms in total. The lowest BCUT2D eigenvalue weighted by Crippen LogP contribution is -2.38. The van der Waals surface area contributed by atoms with E-state index >= 15 is 0 Å². The molecule has 0 unspecified atom stereocenters. The molecule has 3 heterocycles. The van der Waals surface area contributed by atoms with Crippen LogP contribution >= 0.6 is 22.9 Å². The van der Waals surface area contributed by atoms with Gasteiger partial charge in [0.05, 0.1) is 11.0 Å². The van der Waals surface area contributed by atoms with Gasteiger partial charge in [0.2, 0.25) is 5.91 Å². The van der Waals surface area contributed by atoms with Crippen molar-refractivity contribution in [2.45, 2.75) is 32.4 Å². The van der Waals surface area contributed by atoms with Gasteiger partial charge in [-0.1, -0.05) is 35.9 Å². The lowest BCUT2D eigenvalue weighted by atomic mass is 9.96. The summed E-state index contributed by atoms with van der Waals surface area (Å²) >= 11 is 7.60. The number of halogens is 1. The number of hydrogen-bond donors (Lipinski definition) is 2. The molecule has 1 fully saturated rings. The van der Waals surface area contributed by atoms with Crippen LogP contribution in [0.4, 0.5) is 0 Å². The van der Waals surface area contributed by atoms with E-state index in [-0.39, 0.29) is 17.9 Å². The molecule has 0 aliphatic carbocycles. The van der Waals surface area contributed by atoms with Crippen LogP contribution in [0.5, 0.6) is 5.75 Å². The van der Waals surface area contributed by atoms with E-state index in [1.807, 2.05) is 41.8 Å². The summed E-state index contributed by atoms with van der Waals surface area (Å²) in [5.74, 6) is -0.381. The van der Waals surface area contributed by atoms with Crippen LogP contribution in [0.25, 0.3) is 16.0 Å². The molecule has 1 atom stereocenters. The Morgan fingerprint density at radius 3 is 2.62 bits per heavy atom. The lowest BCUT2D eigenvalue weighted by molar-refractivity contribution is -0.123. The number of rotatable bonds is 8. The number of carbonyl (C=O) groups is 2. The number of aromatic nitrogens is 2. The van der Waals surface area contributed by atoms with Crippen LogP contribution in [-0.4, -0.2) is 39.4 Å². The number of carbonyl (C=O) groups excluding carboxylic acids is 2. The van der Waals surface area contributed by atoms with Crippen molar-refractivity contribution in [2.24, 2.45) is 17.4 Å². The maximum Gasteiger partial charge on any atom is 0.262 e. The minimum atomic E-state index is -0.554. The Kier molecular flexibility index (Phi) is 7.19. The number of fused-ring (bicyclic) bond motifs is 1. The Bertz CT molecular complexity index is 1460. The third-order valence-electron chi connectivity index (χ3n) is 6.80. The number of nitrogens with two attached hydrogens (primary N) is 2. The van der Waals surface area contributed by atoms with Crippen molar-refractivity contribution >= 4 is 45.8 Å². The molecule has 1 aliphatic heterocycles. The largest absolute Gasteiger partial charge is 0.484 e. The Morgan fingerprint density at radius 2 is 1.92 bits per heavy atom. The number of thiophene rings is 1. The first-order valence-corrected chi connectivity index (χ1v) is 13.3. The van der Waals surface area contributed by atoms with Gasteiger partial charge in [-0.25, -0.2) is 4.98 Å². The van der Waals surface area contributed by atoms with Gasteiger partial charge in [0.1, 0.15) is 28.1 Å². The molecule has 2 aromatic heterocycles. The lowest BCUT2D eigenvalue weighted by Gasteiger charge is -2.30. The maximum absolute atomic E-state index is 12.3. The fourth-order valence-corrected chi connectivity index (χ4v) is 5.98. The van der Waals surface area contributed by atoms with E-state index in [0.29, 0.717) is 15.6 Å². The number of amides is 2. The summed E-state index contributed by atoms with van der Waals surface area (Å²) in [6.07, 6.45) is 2.94. The Hall–Kier alpha value is -3.40. The highest BCUT2D eigenvalue weighted by Crippen LogP contribution is 2.37. The van der Waals surface area contributed by atoms with Crippen molar-refractivity contribution in [1.82, 2.24) is 14.5 Å². The second kappa shape index (κ2) is 10.5. The van der Waals surface area contributed by atoms with Gasteiger partial charge in [0, 0.05) is 29.1 Å². The number of piperidine rings is 1. The van der Waals surface area contributed by atoms with Crippen molar-refractivity contribution in [3.05, 3.63) is 75.9 Å². The number of hydrogen-bond acceptors (Lipinski definition) is 6. The van der Waals surface area contributed by atoms with Gasteiger partial charge in [-0.3, -0.25) is 19.1 Å². The van der Waals surface area contributed by atoms with Crippen molar-refractivity contribution in [2.75, 3.05) is 13.1 Å². The number of primary amides is 2. The van der Waals surface area contributed by atoms with Crippen molar-refractivity contribution in [3.63, 3.8) is 0 Å². The zero-order valence-corrected chi connectivity index (χ0v) is 22.0. The molecule has 5 rings (SSSR count). The monoisotopic (exact) mass is 537 g/mol. The SMILES string of the molecule is C[C@@H](Oc1cc(-n2cnc3ccc(CN4CCC(C(N)=O)CC4)cc32)sc1C(N)=O)c1ccccc1Cl. The number of imidazole rings is 1. The minimum Gasteiger partial charge on any atom is -0.484 e. The van der Waals surface area contributed by atoms with Gasteiger partial charge >= 0.3 is 0 Å². The van der Waals surface area contributed by atoms with E-state index in [2.05, 4.69) is 22.0 Å². The molecule has 192 valence electrons. The van der Waals surface area contributed by atoms with Crippen LogP contribution in [0.1, 0.15) is 46.7 Å². The first kappa shape index (κ1) is 25.3. The standard InChI is InChI=1S/C27H28ClN5O3S/c1-16(19-4-2-3-5-20(19)28)36-23-13-24(37-25(23)27(30)35)33-15-31-21-7-6-17(12-22(21)33)14-32-10-8-18(9-11-32)26(29)34/h2-7,12-13,15-16,18H,8-11,14H2,1H3,(H2,29,34)(H2,30,35)/t16-/m1/s1. The molecule has 1 aliphatic rings. The predicted molar refractivity (Wildman–Crippen MR) is 145 cm³/mol. The zero-order valence-electron chi connectivity index (χ0n) is 20.4. The van der Waals surface area contributed by atoms with Crippen LogP contribution in [0.15, 0.2) is 54.9 Å². The molecular weight excluding hydrogens is 510 g/mol. The Labute approximate surface area is 223 Å². The molecule has 4 N–H and O–H groups in total. The van der Waals surface area contributed by atoms with Crippen LogP contribution in [-0.2, 0) is 11.3 Å². The van der Waals surface area contributed by atoms with Gasteiger partial charge in [0.25, 0.3) is 5.91 Å². The number of likely N-dealkylation sites (tertiary alicyclic amines) is 1. The van der Waals surface area contributed by atoms with Crippen LogP contribution in [0.3, 0.4) is 0 Å². The molecule has 0 bridgehead atoms. The molecule has 0 radical (unpaired) electrons. The first-order valence-electron chi connectivity index (χ1n) is 12.1. The first-order chi connectivity index (χ1) is 17.8. The van der Waals surface area contributed by atoms with Gasteiger partial charge in [-0.15, -0.1) is 11.3 Å². The molecule has 37 heavy (non-hydrogen) atoms. The highest BCUT2D eigenvalue weighted by Gasteiger charge is 2.24. The van der Waals surface area contributed by atoms with E-state index in [1.54, 1.807) is 12.4 Å². The summed E-state index contributed by atoms with van der Waals surface area (Å²) in [6, 6.07) is 15.5. The summed E-state index contributed by atoms with van der Waals surface area (Å²) in [6.45, 7) is 4.33. The van der Waals surface area contributed by atoms with Crippen molar-refractivity contribution in [3.8, 4) is 10.8 Å². The van der Waals surface area contributed by atoms with E-state index < -0.39 is 5.91 Å². The number of benzene rings is 2. The normalized spacial score (nSPS) is 15.6. The summed E-state index contributed by atoms with van der Waals surface area (Å²) in [5.41, 5.74) is 14.9. The zero-order chi connectivity index (χ0) is 26.1. The highest BCUT2D eigenvalue weighted by molar-refractivity contribution is 7.16. The molecule has 0 spiro atoms. The molecular formula is C27H28ClN5O3S. The van der Waals surface area contributed by atoms with E-state index in [1.165, 1.54) is 11.3 Å². The van der Waals surface area contributed by atoms with E-state index in [4.69, 9.17) is 27.8 Å². The average molecular weight is 538 g/mol. The summed E-state index contributed by atoms with van der Waals surface area (Å²) in [4.78, 5) is 31.0. The molecule has 0 saturated carbocycles. The van der Waals surface area contributed by atoms with Gasteiger partial charge in [-0.05, 0) is 56.6 Å². The fourth-order valence-electron chi connectivity index (χ4n) is 4.76. The fraction of sp³-hybridized carbons (Fsp3) is 0.296. The molecule has 1 saturated heterocycles. The van der Waals surface area contributed by atoms with Crippen LogP contribution in [0, 0.1) is 5.92 Å². The predicted octanol–water partition coefficient (Wildman–Crippen LogP) is 4.68. The third kappa shape index (κ3) is 5.34. The molecule has 2 aromatic carbocycles. The quantitative estimate of drug-likeness (QED) is 0.338. The average Bonchev–Trinajstić information content (AvgIpc) is 3.48. The second-order valence-corrected chi connectivity index (χ2v) is 10.8. The van der Waals surface area contributed by atoms with Crippen molar-refractivity contribution in [1.29, 1.82) is 0 Å². The topological polar surface area (TPSA) is 116 Å².